The van der Waals surface area contributed by atoms with Crippen LogP contribution in [0.3, 0.4) is 0 Å². The summed E-state index contributed by atoms with van der Waals surface area (Å²) in [7, 11) is 0. The van der Waals surface area contributed by atoms with E-state index < -0.39 is 0 Å². The van der Waals surface area contributed by atoms with Crippen molar-refractivity contribution in [3.05, 3.63) is 64.4 Å². The fourth-order valence-electron chi connectivity index (χ4n) is 3.34. The highest BCUT2D eigenvalue weighted by Crippen LogP contribution is 2.21. The molecule has 1 N–H and O–H groups in total. The lowest BCUT2D eigenvalue weighted by Gasteiger charge is -2.14. The molecule has 0 spiro atoms. The SMILES string of the molecule is Cc1ccc(-n2c(SCC(=O)NC[C@@H]3CCCO3)nc3ccccc3c2=O)cc1. The number of fused-ring (bicyclic) bond motifs is 1. The number of hydrogen-bond acceptors (Lipinski definition) is 5. The highest BCUT2D eigenvalue weighted by atomic mass is 32.2. The summed E-state index contributed by atoms with van der Waals surface area (Å²) >= 11 is 1.26. The van der Waals surface area contributed by atoms with Gasteiger partial charge < -0.3 is 10.1 Å². The van der Waals surface area contributed by atoms with Gasteiger partial charge in [-0.15, -0.1) is 0 Å². The van der Waals surface area contributed by atoms with Crippen molar-refractivity contribution in [1.29, 1.82) is 0 Å². The predicted molar refractivity (Wildman–Crippen MR) is 115 cm³/mol. The minimum absolute atomic E-state index is 0.0941. The van der Waals surface area contributed by atoms with Crippen LogP contribution in [0.25, 0.3) is 16.6 Å². The summed E-state index contributed by atoms with van der Waals surface area (Å²) in [4.78, 5) is 30.1. The fourth-order valence-corrected chi connectivity index (χ4v) is 4.19. The van der Waals surface area contributed by atoms with Crippen molar-refractivity contribution in [2.45, 2.75) is 31.0 Å². The molecule has 29 heavy (non-hydrogen) atoms. The highest BCUT2D eigenvalue weighted by Gasteiger charge is 2.18. The van der Waals surface area contributed by atoms with Crippen LogP contribution in [0.15, 0.2) is 58.5 Å². The molecule has 1 aliphatic rings. The number of aryl methyl sites for hydroxylation is 1. The number of nitrogens with zero attached hydrogens (tertiary/aromatic N) is 2. The van der Waals surface area contributed by atoms with E-state index in [0.717, 1.165) is 30.7 Å². The second-order valence-electron chi connectivity index (χ2n) is 7.12. The first-order valence-corrected chi connectivity index (χ1v) is 10.7. The second kappa shape index (κ2) is 8.80. The van der Waals surface area contributed by atoms with Crippen LogP contribution in [0.4, 0.5) is 0 Å². The zero-order valence-electron chi connectivity index (χ0n) is 16.3. The molecule has 6 nitrogen and oxygen atoms in total. The monoisotopic (exact) mass is 409 g/mol. The molecule has 4 rings (SSSR count). The summed E-state index contributed by atoms with van der Waals surface area (Å²) in [5.74, 6) is 0.0898. The summed E-state index contributed by atoms with van der Waals surface area (Å²) in [6.07, 6.45) is 2.12. The van der Waals surface area contributed by atoms with E-state index in [9.17, 15) is 9.59 Å². The predicted octanol–water partition coefficient (Wildman–Crippen LogP) is 3.08. The summed E-state index contributed by atoms with van der Waals surface area (Å²) in [5, 5.41) is 3.97. The lowest BCUT2D eigenvalue weighted by atomic mass is 10.2. The Bertz CT molecular complexity index is 1070. The quantitative estimate of drug-likeness (QED) is 0.500. The number of hydrogen-bond donors (Lipinski definition) is 1. The topological polar surface area (TPSA) is 73.2 Å². The molecule has 150 valence electrons. The van der Waals surface area contributed by atoms with Gasteiger partial charge in [0.2, 0.25) is 5.91 Å². The van der Waals surface area contributed by atoms with E-state index in [1.165, 1.54) is 11.8 Å². The van der Waals surface area contributed by atoms with Crippen molar-refractivity contribution >= 4 is 28.6 Å². The molecule has 1 amide bonds. The first-order chi connectivity index (χ1) is 14.1. The zero-order valence-corrected chi connectivity index (χ0v) is 17.1. The molecule has 3 aromatic rings. The molecule has 2 heterocycles. The molecule has 1 aromatic heterocycles. The van der Waals surface area contributed by atoms with E-state index in [1.807, 2.05) is 49.4 Å². The highest BCUT2D eigenvalue weighted by molar-refractivity contribution is 7.99. The summed E-state index contributed by atoms with van der Waals surface area (Å²) in [6, 6.07) is 15.0. The van der Waals surface area contributed by atoms with E-state index in [-0.39, 0.29) is 23.3 Å². The minimum Gasteiger partial charge on any atom is -0.376 e. The van der Waals surface area contributed by atoms with Crippen molar-refractivity contribution < 1.29 is 9.53 Å². The smallest absolute Gasteiger partial charge is 0.266 e. The summed E-state index contributed by atoms with van der Waals surface area (Å²) in [6.45, 7) is 3.29. The summed E-state index contributed by atoms with van der Waals surface area (Å²) < 4.78 is 7.12. The average Bonchev–Trinajstić information content (AvgIpc) is 3.25. The van der Waals surface area contributed by atoms with Crippen molar-refractivity contribution in [3.8, 4) is 5.69 Å². The second-order valence-corrected chi connectivity index (χ2v) is 8.06. The normalized spacial score (nSPS) is 16.2. The Morgan fingerprint density at radius 1 is 1.24 bits per heavy atom. The Kier molecular flexibility index (Phi) is 5.97. The van der Waals surface area contributed by atoms with Crippen LogP contribution in [0.1, 0.15) is 18.4 Å². The van der Waals surface area contributed by atoms with Gasteiger partial charge in [0.15, 0.2) is 5.16 Å². The molecule has 1 saturated heterocycles. The van der Waals surface area contributed by atoms with Crippen LogP contribution in [-0.2, 0) is 9.53 Å². The third-order valence-electron chi connectivity index (χ3n) is 4.92. The largest absolute Gasteiger partial charge is 0.376 e. The van der Waals surface area contributed by atoms with Gasteiger partial charge in [-0.2, -0.15) is 0 Å². The van der Waals surface area contributed by atoms with E-state index in [1.54, 1.807) is 10.6 Å². The molecule has 2 aromatic carbocycles. The number of amides is 1. The number of para-hydroxylation sites is 1. The number of carbonyl (C=O) groups is 1. The Hall–Kier alpha value is -2.64. The van der Waals surface area contributed by atoms with Crippen LogP contribution in [0, 0.1) is 6.92 Å². The summed E-state index contributed by atoms with van der Waals surface area (Å²) in [5.41, 5.74) is 2.34. The molecular weight excluding hydrogens is 386 g/mol. The van der Waals surface area contributed by atoms with Gasteiger partial charge in [-0.3, -0.25) is 14.2 Å². The van der Waals surface area contributed by atoms with Gasteiger partial charge in [0, 0.05) is 13.2 Å². The first-order valence-electron chi connectivity index (χ1n) is 9.72. The number of carbonyl (C=O) groups excluding carboxylic acids is 1. The number of thioether (sulfide) groups is 1. The molecule has 0 radical (unpaired) electrons. The number of rotatable bonds is 6. The van der Waals surface area contributed by atoms with E-state index >= 15 is 0 Å². The molecule has 7 heteroatoms. The van der Waals surface area contributed by atoms with Crippen molar-refractivity contribution in [2.75, 3.05) is 18.9 Å². The maximum Gasteiger partial charge on any atom is 0.266 e. The van der Waals surface area contributed by atoms with Gasteiger partial charge in [0.1, 0.15) is 0 Å². The average molecular weight is 410 g/mol. The van der Waals surface area contributed by atoms with Crippen molar-refractivity contribution in [1.82, 2.24) is 14.9 Å². The minimum atomic E-state index is -0.137. The molecule has 0 saturated carbocycles. The molecule has 0 unspecified atom stereocenters. The Morgan fingerprint density at radius 2 is 2.03 bits per heavy atom. The Labute approximate surface area is 173 Å². The van der Waals surface area contributed by atoms with Gasteiger partial charge in [-0.05, 0) is 44.0 Å². The molecule has 0 bridgehead atoms. The number of benzene rings is 2. The van der Waals surface area contributed by atoms with E-state index in [4.69, 9.17) is 4.74 Å². The van der Waals surface area contributed by atoms with Gasteiger partial charge in [-0.1, -0.05) is 41.6 Å². The Balaban J connectivity index is 1.60. The zero-order chi connectivity index (χ0) is 20.2. The number of aromatic nitrogens is 2. The lowest BCUT2D eigenvalue weighted by Crippen LogP contribution is -2.33. The molecule has 1 atom stereocenters. The van der Waals surface area contributed by atoms with Gasteiger partial charge >= 0.3 is 0 Å². The van der Waals surface area contributed by atoms with Crippen molar-refractivity contribution in [3.63, 3.8) is 0 Å². The third-order valence-corrected chi connectivity index (χ3v) is 5.86. The van der Waals surface area contributed by atoms with Crippen LogP contribution in [-0.4, -0.2) is 40.5 Å². The van der Waals surface area contributed by atoms with Gasteiger partial charge in [0.25, 0.3) is 5.56 Å². The molecule has 1 aliphatic heterocycles. The standard InChI is InChI=1S/C22H23N3O3S/c1-15-8-10-16(11-9-15)25-21(27)18-6-2-3-7-19(18)24-22(25)29-14-20(26)23-13-17-5-4-12-28-17/h2-3,6-11,17H,4-5,12-14H2,1H3,(H,23,26)/t17-/m0/s1. The van der Waals surface area contributed by atoms with Gasteiger partial charge in [0.05, 0.1) is 28.4 Å². The van der Waals surface area contributed by atoms with Crippen molar-refractivity contribution in [2.24, 2.45) is 0 Å². The van der Waals surface area contributed by atoms with Crippen LogP contribution in [0.5, 0.6) is 0 Å². The number of nitrogens with one attached hydrogen (secondary N) is 1. The van der Waals surface area contributed by atoms with E-state index in [0.29, 0.717) is 22.6 Å². The molecule has 1 fully saturated rings. The maximum atomic E-state index is 13.2. The Morgan fingerprint density at radius 3 is 2.79 bits per heavy atom. The van der Waals surface area contributed by atoms with Crippen LogP contribution in [0.2, 0.25) is 0 Å². The first kappa shape index (κ1) is 19.7. The maximum absolute atomic E-state index is 13.2. The third kappa shape index (κ3) is 4.52. The molecule has 0 aliphatic carbocycles. The molecular formula is C22H23N3O3S. The fraction of sp³-hybridized carbons (Fsp3) is 0.318. The lowest BCUT2D eigenvalue weighted by molar-refractivity contribution is -0.119. The van der Waals surface area contributed by atoms with Crippen LogP contribution < -0.4 is 10.9 Å². The van der Waals surface area contributed by atoms with E-state index in [2.05, 4.69) is 10.3 Å². The van der Waals surface area contributed by atoms with Gasteiger partial charge in [-0.25, -0.2) is 4.98 Å². The number of ether oxygens (including phenoxy) is 1. The van der Waals surface area contributed by atoms with Crippen LogP contribution >= 0.6 is 11.8 Å².